The molecule has 0 N–H and O–H groups in total. The van der Waals surface area contributed by atoms with Gasteiger partial charge in [0.25, 0.3) is 5.69 Å². The van der Waals surface area contributed by atoms with Gasteiger partial charge in [0.15, 0.2) is 4.75 Å². The van der Waals surface area contributed by atoms with Crippen molar-refractivity contribution in [3.63, 3.8) is 0 Å². The normalized spacial score (nSPS) is 39.6. The van der Waals surface area contributed by atoms with Crippen molar-refractivity contribution in [2.45, 2.75) is 20.1 Å². The summed E-state index contributed by atoms with van der Waals surface area (Å²) >= 11 is 2.79. The average molecular weight is 308 g/mol. The smallest absolute Gasteiger partial charge is 0.263 e. The Morgan fingerprint density at radius 3 is 2.65 bits per heavy atom. The molecule has 2 aliphatic heterocycles. The monoisotopic (exact) mass is 308 g/mol. The molecule has 0 saturated carbocycles. The van der Waals surface area contributed by atoms with Crippen molar-refractivity contribution in [1.29, 1.82) is 0 Å². The summed E-state index contributed by atoms with van der Waals surface area (Å²) in [5.74, 6) is 0. The van der Waals surface area contributed by atoms with Crippen LogP contribution in [0.15, 0.2) is 36.4 Å². The largest absolute Gasteiger partial charge is 0.304 e. The first kappa shape index (κ1) is 12.2. The Morgan fingerprint density at radius 1 is 1.20 bits per heavy atom. The summed E-state index contributed by atoms with van der Waals surface area (Å²) in [5.41, 5.74) is 0.395. The molecule has 20 heavy (non-hydrogen) atoms. The van der Waals surface area contributed by atoms with Crippen molar-refractivity contribution < 1.29 is 9.85 Å². The summed E-state index contributed by atoms with van der Waals surface area (Å²) in [4.78, 5) is 20.9. The third kappa shape index (κ3) is 1.23. The highest BCUT2D eigenvalue weighted by atomic mass is 32.2. The summed E-state index contributed by atoms with van der Waals surface area (Å²) in [6, 6.07) is 6.32. The van der Waals surface area contributed by atoms with Gasteiger partial charge in [-0.3, -0.25) is 20.2 Å². The number of hydrogen-bond acceptors (Lipinski definition) is 6. The van der Waals surface area contributed by atoms with Crippen LogP contribution in [0.25, 0.3) is 0 Å². The maximum absolute atomic E-state index is 11.6. The summed E-state index contributed by atoms with van der Waals surface area (Å²) < 4.78 is -0.884. The van der Waals surface area contributed by atoms with Crippen LogP contribution in [0.4, 0.5) is 5.69 Å². The molecule has 2 saturated heterocycles. The third-order valence-corrected chi connectivity index (χ3v) is 7.34. The Labute approximate surface area is 121 Å². The number of nitro groups is 2. The summed E-state index contributed by atoms with van der Waals surface area (Å²) in [7, 11) is 0. The van der Waals surface area contributed by atoms with Crippen LogP contribution in [0, 0.1) is 20.2 Å². The number of thioether (sulfide) groups is 2. The van der Waals surface area contributed by atoms with Crippen LogP contribution >= 0.6 is 23.5 Å². The average Bonchev–Trinajstić information content (AvgIpc) is 3.29. The predicted molar refractivity (Wildman–Crippen MR) is 76.4 cm³/mol. The molecule has 1 aliphatic carbocycles. The van der Waals surface area contributed by atoms with Gasteiger partial charge in [0.1, 0.15) is 5.25 Å². The molecule has 2 fully saturated rings. The van der Waals surface area contributed by atoms with E-state index in [1.165, 1.54) is 17.8 Å². The number of rotatable bonds is 3. The van der Waals surface area contributed by atoms with Gasteiger partial charge in [0.05, 0.1) is 10.5 Å². The van der Waals surface area contributed by atoms with E-state index in [2.05, 4.69) is 0 Å². The lowest BCUT2D eigenvalue weighted by atomic mass is 9.84. The number of nitro benzene ring substituents is 1. The van der Waals surface area contributed by atoms with Gasteiger partial charge >= 0.3 is 4.87 Å². The van der Waals surface area contributed by atoms with E-state index in [0.717, 1.165) is 0 Å². The Kier molecular flexibility index (Phi) is 2.17. The lowest BCUT2D eigenvalue weighted by Gasteiger charge is -2.16. The minimum atomic E-state index is -1.14. The van der Waals surface area contributed by atoms with Crippen LogP contribution in [0.2, 0.25) is 0 Å². The zero-order valence-electron chi connectivity index (χ0n) is 9.96. The highest BCUT2D eigenvalue weighted by molar-refractivity contribution is 8.14. The standard InChI is InChI=1S/C12H8N2O4S2/c15-13(16)8-4-2-1-3-7(8)11-6-5-9-10(19-9)12(11,20-11)14(17)18/h1-6,9-10H. The second-order valence-corrected chi connectivity index (χ2v) is 7.74. The molecule has 0 radical (unpaired) electrons. The summed E-state index contributed by atoms with van der Waals surface area (Å²) in [5, 5.41) is 22.9. The van der Waals surface area contributed by atoms with Gasteiger partial charge < -0.3 is 0 Å². The van der Waals surface area contributed by atoms with Crippen LogP contribution < -0.4 is 0 Å². The molecule has 0 bridgehead atoms. The first-order chi connectivity index (χ1) is 9.53. The van der Waals surface area contributed by atoms with E-state index in [-0.39, 0.29) is 21.1 Å². The Hall–Kier alpha value is -1.54. The van der Waals surface area contributed by atoms with Crippen molar-refractivity contribution in [2.24, 2.45) is 0 Å². The van der Waals surface area contributed by atoms with Crippen molar-refractivity contribution >= 4 is 29.2 Å². The van der Waals surface area contributed by atoms with Crippen LogP contribution in [-0.4, -0.2) is 25.2 Å². The molecular weight excluding hydrogens is 300 g/mol. The number of nitrogens with zero attached hydrogens (tertiary/aromatic N) is 2. The van der Waals surface area contributed by atoms with Crippen LogP contribution in [0.1, 0.15) is 5.56 Å². The van der Waals surface area contributed by atoms with Crippen LogP contribution in [0.5, 0.6) is 0 Å². The van der Waals surface area contributed by atoms with Crippen molar-refractivity contribution in [2.75, 3.05) is 0 Å². The molecule has 4 rings (SSSR count). The molecule has 4 atom stereocenters. The maximum atomic E-state index is 11.6. The highest BCUT2D eigenvalue weighted by Crippen LogP contribution is 2.81. The number of para-hydroxylation sites is 1. The minimum absolute atomic E-state index is 0.0440. The molecule has 2 heterocycles. The Balaban J connectivity index is 1.91. The Morgan fingerprint density at radius 2 is 1.95 bits per heavy atom. The van der Waals surface area contributed by atoms with Crippen molar-refractivity contribution in [3.8, 4) is 0 Å². The van der Waals surface area contributed by atoms with E-state index in [9.17, 15) is 20.2 Å². The van der Waals surface area contributed by atoms with Gasteiger partial charge in [0.2, 0.25) is 0 Å². The van der Waals surface area contributed by atoms with E-state index in [1.54, 1.807) is 36.0 Å². The summed E-state index contributed by atoms with van der Waals surface area (Å²) in [6.45, 7) is 0. The van der Waals surface area contributed by atoms with Gasteiger partial charge in [-0.05, 0) is 0 Å². The van der Waals surface area contributed by atoms with E-state index < -0.39 is 14.5 Å². The first-order valence-electron chi connectivity index (χ1n) is 5.96. The SMILES string of the molecule is O=[N+]([O-])c1ccccc1C12C=CC3SC3C1([N+](=O)[O-])S2. The molecule has 8 heteroatoms. The molecule has 0 amide bonds. The van der Waals surface area contributed by atoms with Gasteiger partial charge in [-0.25, -0.2) is 0 Å². The van der Waals surface area contributed by atoms with Crippen molar-refractivity contribution in [3.05, 3.63) is 62.2 Å². The van der Waals surface area contributed by atoms with E-state index in [4.69, 9.17) is 0 Å². The second kappa shape index (κ2) is 3.56. The highest BCUT2D eigenvalue weighted by Gasteiger charge is 2.89. The topological polar surface area (TPSA) is 86.3 Å². The molecule has 102 valence electrons. The molecule has 0 aromatic heterocycles. The fraction of sp³-hybridized carbons (Fsp3) is 0.333. The van der Waals surface area contributed by atoms with Crippen LogP contribution in [-0.2, 0) is 4.75 Å². The molecule has 4 unspecified atom stereocenters. The molecule has 1 aromatic rings. The second-order valence-electron chi connectivity index (χ2n) is 4.95. The van der Waals surface area contributed by atoms with Gasteiger partial charge in [-0.2, -0.15) is 0 Å². The Bertz CT molecular complexity index is 694. The van der Waals surface area contributed by atoms with E-state index in [1.807, 2.05) is 6.08 Å². The van der Waals surface area contributed by atoms with Crippen molar-refractivity contribution in [1.82, 2.24) is 0 Å². The third-order valence-electron chi connectivity index (χ3n) is 4.01. The first-order valence-corrected chi connectivity index (χ1v) is 7.72. The molecular formula is C12H8N2O4S2. The van der Waals surface area contributed by atoms with E-state index >= 15 is 0 Å². The van der Waals surface area contributed by atoms with Gasteiger partial charge in [0, 0.05) is 16.2 Å². The predicted octanol–water partition coefficient (Wildman–Crippen LogP) is 2.56. The fourth-order valence-electron chi connectivity index (χ4n) is 3.02. The van der Waals surface area contributed by atoms with E-state index in [0.29, 0.717) is 5.56 Å². The number of hydrogen-bond donors (Lipinski definition) is 0. The molecule has 3 aliphatic rings. The lowest BCUT2D eigenvalue weighted by Crippen LogP contribution is -2.39. The lowest BCUT2D eigenvalue weighted by molar-refractivity contribution is -0.529. The molecule has 0 spiro atoms. The fourth-order valence-corrected chi connectivity index (χ4v) is 6.24. The molecule has 6 nitrogen and oxygen atoms in total. The minimum Gasteiger partial charge on any atom is -0.263 e. The van der Waals surface area contributed by atoms with Gasteiger partial charge in [-0.15, -0.1) is 11.8 Å². The molecule has 1 aromatic carbocycles. The summed E-state index contributed by atoms with van der Waals surface area (Å²) in [6.07, 6.45) is 3.75. The van der Waals surface area contributed by atoms with Crippen LogP contribution in [0.3, 0.4) is 0 Å². The quantitative estimate of drug-likeness (QED) is 0.369. The number of benzene rings is 1. The maximum Gasteiger partial charge on any atom is 0.304 e. The zero-order chi connectivity index (χ0) is 14.1. The zero-order valence-corrected chi connectivity index (χ0v) is 11.6. The van der Waals surface area contributed by atoms with Gasteiger partial charge in [-0.1, -0.05) is 42.1 Å². The number of fused-ring (bicyclic) bond motifs is 3.